The van der Waals surface area contributed by atoms with Crippen molar-refractivity contribution in [2.75, 3.05) is 17.2 Å². The number of pyridine rings is 1. The van der Waals surface area contributed by atoms with Gasteiger partial charge in [0.2, 0.25) is 5.91 Å². The number of Topliss-reactive ketones (excluding diaryl/α,β-unsaturated/α-hetero) is 1. The van der Waals surface area contributed by atoms with Crippen LogP contribution in [0.5, 0.6) is 0 Å². The highest BCUT2D eigenvalue weighted by Gasteiger charge is 2.18. The number of halogens is 1. The van der Waals surface area contributed by atoms with Gasteiger partial charge in [0.15, 0.2) is 5.78 Å². The Balaban J connectivity index is 2.21. The van der Waals surface area contributed by atoms with E-state index in [4.69, 9.17) is 5.26 Å². The highest BCUT2D eigenvalue weighted by atomic mass is 32.2. The van der Waals surface area contributed by atoms with Crippen LogP contribution in [0.25, 0.3) is 0 Å². The summed E-state index contributed by atoms with van der Waals surface area (Å²) in [6.45, 7) is 3.24. The summed E-state index contributed by atoms with van der Waals surface area (Å²) < 4.78 is 13.2. The fourth-order valence-corrected chi connectivity index (χ4v) is 3.40. The lowest BCUT2D eigenvalue weighted by Crippen LogP contribution is -2.33. The zero-order valence-electron chi connectivity index (χ0n) is 15.4. The number of amides is 1. The number of anilines is 1. The molecular formula is C20H17FN4O2S. The quantitative estimate of drug-likeness (QED) is 0.523. The summed E-state index contributed by atoms with van der Waals surface area (Å²) in [5.41, 5.74) is 1.56. The predicted octanol–water partition coefficient (Wildman–Crippen LogP) is 3.64. The average Bonchev–Trinajstić information content (AvgIpc) is 2.67. The second-order valence-electron chi connectivity index (χ2n) is 5.86. The Morgan fingerprint density at radius 2 is 1.93 bits per heavy atom. The van der Waals surface area contributed by atoms with E-state index in [1.165, 1.54) is 42.2 Å². The van der Waals surface area contributed by atoms with E-state index in [2.05, 4.69) is 4.98 Å². The number of nitriles is 2. The van der Waals surface area contributed by atoms with Crippen LogP contribution in [-0.4, -0.2) is 29.0 Å². The van der Waals surface area contributed by atoms with E-state index in [-0.39, 0.29) is 36.0 Å². The third-order valence-corrected chi connectivity index (χ3v) is 4.87. The molecule has 1 aromatic heterocycles. The molecule has 142 valence electrons. The number of hydrogen-bond acceptors (Lipinski definition) is 6. The normalized spacial score (nSPS) is 10.0. The molecule has 6 nitrogen and oxygen atoms in total. The van der Waals surface area contributed by atoms with Gasteiger partial charge in [0.05, 0.1) is 23.8 Å². The molecule has 0 atom stereocenters. The van der Waals surface area contributed by atoms with Gasteiger partial charge in [0, 0.05) is 23.5 Å². The molecule has 0 fully saturated rings. The molecule has 0 radical (unpaired) electrons. The van der Waals surface area contributed by atoms with E-state index in [0.29, 0.717) is 22.0 Å². The van der Waals surface area contributed by atoms with Crippen molar-refractivity contribution in [1.82, 2.24) is 4.98 Å². The molecule has 0 aliphatic carbocycles. The van der Waals surface area contributed by atoms with Crippen molar-refractivity contribution in [1.29, 1.82) is 10.5 Å². The molecule has 2 aromatic rings. The summed E-state index contributed by atoms with van der Waals surface area (Å²) in [4.78, 5) is 30.0. The number of hydrogen-bond donors (Lipinski definition) is 0. The molecule has 2 rings (SSSR count). The molecule has 28 heavy (non-hydrogen) atoms. The maximum absolute atomic E-state index is 13.2. The molecule has 1 amide bonds. The van der Waals surface area contributed by atoms with Gasteiger partial charge in [-0.1, -0.05) is 11.8 Å². The van der Waals surface area contributed by atoms with E-state index in [0.717, 1.165) is 11.8 Å². The Labute approximate surface area is 166 Å². The molecule has 0 aliphatic heterocycles. The third-order valence-electron chi connectivity index (χ3n) is 3.90. The van der Waals surface area contributed by atoms with Crippen LogP contribution >= 0.6 is 11.8 Å². The van der Waals surface area contributed by atoms with Gasteiger partial charge in [-0.3, -0.25) is 9.59 Å². The maximum Gasteiger partial charge on any atom is 0.237 e. The largest absolute Gasteiger partial charge is 0.311 e. The standard InChI is InChI=1S/C20H17FN4O2S/c1-13-18(14(2)26)10-15(11-23)20(24-13)28-12-19(27)25(9-3-8-22)17-6-4-16(21)5-7-17/h4-7,10H,3,9,12H2,1-2H3. The van der Waals surface area contributed by atoms with Gasteiger partial charge in [0.1, 0.15) is 16.9 Å². The van der Waals surface area contributed by atoms with Crippen LogP contribution in [-0.2, 0) is 4.79 Å². The Morgan fingerprint density at radius 1 is 1.25 bits per heavy atom. The lowest BCUT2D eigenvalue weighted by atomic mass is 10.1. The topological polar surface area (TPSA) is 97.9 Å². The van der Waals surface area contributed by atoms with Crippen molar-refractivity contribution in [2.45, 2.75) is 25.3 Å². The van der Waals surface area contributed by atoms with Crippen molar-refractivity contribution in [2.24, 2.45) is 0 Å². The minimum atomic E-state index is -0.422. The number of aromatic nitrogens is 1. The lowest BCUT2D eigenvalue weighted by molar-refractivity contribution is -0.116. The number of carbonyl (C=O) groups is 2. The van der Waals surface area contributed by atoms with Gasteiger partial charge in [0.25, 0.3) is 0 Å². The summed E-state index contributed by atoms with van der Waals surface area (Å²) in [5.74, 6) is -0.933. The number of aryl methyl sites for hydroxylation is 1. The maximum atomic E-state index is 13.2. The highest BCUT2D eigenvalue weighted by molar-refractivity contribution is 8.00. The van der Waals surface area contributed by atoms with Gasteiger partial charge in [-0.25, -0.2) is 9.37 Å². The van der Waals surface area contributed by atoms with Crippen molar-refractivity contribution in [3.8, 4) is 12.1 Å². The fraction of sp³-hybridized carbons (Fsp3) is 0.250. The molecule has 0 spiro atoms. The minimum Gasteiger partial charge on any atom is -0.311 e. The number of nitrogens with zero attached hydrogens (tertiary/aromatic N) is 4. The number of ketones is 1. The predicted molar refractivity (Wildman–Crippen MR) is 103 cm³/mol. The van der Waals surface area contributed by atoms with Crippen molar-refractivity contribution in [3.63, 3.8) is 0 Å². The molecule has 0 N–H and O–H groups in total. The van der Waals surface area contributed by atoms with Crippen molar-refractivity contribution < 1.29 is 14.0 Å². The SMILES string of the molecule is CC(=O)c1cc(C#N)c(SCC(=O)N(CCC#N)c2ccc(F)cc2)nc1C. The van der Waals surface area contributed by atoms with Crippen LogP contribution in [0.15, 0.2) is 35.4 Å². The zero-order valence-corrected chi connectivity index (χ0v) is 16.2. The molecule has 0 bridgehead atoms. The van der Waals surface area contributed by atoms with E-state index in [1.807, 2.05) is 12.1 Å². The Kier molecular flexibility index (Phi) is 7.25. The van der Waals surface area contributed by atoms with Gasteiger partial charge in [-0.05, 0) is 44.2 Å². The van der Waals surface area contributed by atoms with E-state index >= 15 is 0 Å². The van der Waals surface area contributed by atoms with Crippen LogP contribution in [0.1, 0.15) is 35.0 Å². The Hall–Kier alpha value is -3.23. The zero-order chi connectivity index (χ0) is 20.7. The van der Waals surface area contributed by atoms with E-state index < -0.39 is 5.82 Å². The first-order chi connectivity index (χ1) is 13.4. The highest BCUT2D eigenvalue weighted by Crippen LogP contribution is 2.25. The van der Waals surface area contributed by atoms with Crippen molar-refractivity contribution in [3.05, 3.63) is 53.0 Å². The molecule has 0 saturated carbocycles. The number of rotatable bonds is 7. The molecule has 1 aromatic carbocycles. The first-order valence-electron chi connectivity index (χ1n) is 8.35. The summed E-state index contributed by atoms with van der Waals surface area (Å²) in [5, 5.41) is 18.5. The Bertz CT molecular complexity index is 977. The van der Waals surface area contributed by atoms with Crippen LogP contribution in [0, 0.1) is 35.4 Å². The molecule has 0 unspecified atom stereocenters. The number of thioether (sulfide) groups is 1. The molecule has 0 aliphatic rings. The van der Waals surface area contributed by atoms with E-state index in [9.17, 15) is 19.2 Å². The first-order valence-corrected chi connectivity index (χ1v) is 9.34. The summed E-state index contributed by atoms with van der Waals surface area (Å²) in [7, 11) is 0. The van der Waals surface area contributed by atoms with E-state index in [1.54, 1.807) is 6.92 Å². The van der Waals surface area contributed by atoms with Crippen molar-refractivity contribution >= 4 is 29.1 Å². The molecule has 0 saturated heterocycles. The summed E-state index contributed by atoms with van der Waals surface area (Å²) >= 11 is 1.08. The second kappa shape index (κ2) is 9.63. The molecule has 8 heteroatoms. The summed E-state index contributed by atoms with van der Waals surface area (Å²) in [6, 6.07) is 10.9. The Morgan fingerprint density at radius 3 is 2.50 bits per heavy atom. The molecule has 1 heterocycles. The van der Waals surface area contributed by atoms with Crippen LogP contribution < -0.4 is 4.90 Å². The molecular weight excluding hydrogens is 379 g/mol. The van der Waals surface area contributed by atoms with Gasteiger partial charge >= 0.3 is 0 Å². The lowest BCUT2D eigenvalue weighted by Gasteiger charge is -2.21. The average molecular weight is 396 g/mol. The fourth-order valence-electron chi connectivity index (χ4n) is 2.52. The number of benzene rings is 1. The van der Waals surface area contributed by atoms with Gasteiger partial charge in [-0.15, -0.1) is 0 Å². The van der Waals surface area contributed by atoms with Crippen LogP contribution in [0.4, 0.5) is 10.1 Å². The van der Waals surface area contributed by atoms with Gasteiger partial charge < -0.3 is 4.90 Å². The van der Waals surface area contributed by atoms with Crippen LogP contribution in [0.3, 0.4) is 0 Å². The monoisotopic (exact) mass is 396 g/mol. The number of carbonyl (C=O) groups excluding carboxylic acids is 2. The third kappa shape index (κ3) is 5.15. The van der Waals surface area contributed by atoms with Crippen LogP contribution in [0.2, 0.25) is 0 Å². The second-order valence-corrected chi connectivity index (χ2v) is 6.82. The smallest absolute Gasteiger partial charge is 0.237 e. The summed E-state index contributed by atoms with van der Waals surface area (Å²) in [6.07, 6.45) is 0.127. The first kappa shape index (κ1) is 21.1. The minimum absolute atomic E-state index is 0.0245. The van der Waals surface area contributed by atoms with Gasteiger partial charge in [-0.2, -0.15) is 10.5 Å².